The Labute approximate surface area is 306 Å². The van der Waals surface area contributed by atoms with Gasteiger partial charge in [-0.3, -0.25) is 19.3 Å². The minimum atomic E-state index is -0.225. The summed E-state index contributed by atoms with van der Waals surface area (Å²) in [5.41, 5.74) is 8.72. The number of H-pyrrole nitrogens is 1. The van der Waals surface area contributed by atoms with E-state index in [0.29, 0.717) is 34.6 Å². The topological polar surface area (TPSA) is 125 Å². The standard InChI is InChI=1S/C41H50N8O3/c1-6-48(7-2)19-18-42-41(52)37-27(3)36(43-28(37)4)25-34-33-12-9-13-35(38(33)46-40(34)51)44-31-10-8-11-32(24-31)45-39(50)30-16-14-29(15-17-30)26-49-22-20-47(5)21-23-49/h8-17,24-25,43-44H,6-7,18-23,26H2,1-5H3,(H,42,52)(H,45,50)(H,46,51)/b34-25-. The molecule has 3 amide bonds. The van der Waals surface area contributed by atoms with Crippen molar-refractivity contribution in [2.24, 2.45) is 0 Å². The second-order valence-corrected chi connectivity index (χ2v) is 13.6. The summed E-state index contributed by atoms with van der Waals surface area (Å²) >= 11 is 0. The van der Waals surface area contributed by atoms with E-state index in [1.807, 2.05) is 86.7 Å². The minimum absolute atomic E-state index is 0.126. The lowest BCUT2D eigenvalue weighted by Gasteiger charge is -2.32. The van der Waals surface area contributed by atoms with E-state index in [1.54, 1.807) is 0 Å². The molecule has 0 bridgehead atoms. The van der Waals surface area contributed by atoms with Crippen LogP contribution in [0.3, 0.4) is 0 Å². The highest BCUT2D eigenvalue weighted by Crippen LogP contribution is 2.40. The number of aromatic nitrogens is 1. The summed E-state index contributed by atoms with van der Waals surface area (Å²) in [5.74, 6) is -0.531. The number of piperazine rings is 1. The summed E-state index contributed by atoms with van der Waals surface area (Å²) in [6.45, 7) is 16.3. The molecule has 1 fully saturated rings. The largest absolute Gasteiger partial charge is 0.358 e. The molecule has 3 aromatic carbocycles. The fourth-order valence-corrected chi connectivity index (χ4v) is 6.88. The number of benzene rings is 3. The number of nitrogens with zero attached hydrogens (tertiary/aromatic N) is 3. The fourth-order valence-electron chi connectivity index (χ4n) is 6.88. The van der Waals surface area contributed by atoms with Gasteiger partial charge in [-0.05, 0) is 87.6 Å². The Hall–Kier alpha value is -5.23. The Morgan fingerprint density at radius 1 is 0.904 bits per heavy atom. The van der Waals surface area contributed by atoms with E-state index >= 15 is 0 Å². The molecule has 4 aromatic rings. The summed E-state index contributed by atoms with van der Waals surface area (Å²) < 4.78 is 0. The van der Waals surface area contributed by atoms with Crippen LogP contribution in [0, 0.1) is 13.8 Å². The van der Waals surface area contributed by atoms with Gasteiger partial charge >= 0.3 is 0 Å². The number of aromatic amines is 1. The first-order valence-electron chi connectivity index (χ1n) is 18.2. The van der Waals surface area contributed by atoms with Crippen molar-refractivity contribution < 1.29 is 14.4 Å². The predicted octanol–water partition coefficient (Wildman–Crippen LogP) is 5.94. The number of anilines is 4. The molecule has 2 aliphatic heterocycles. The first kappa shape index (κ1) is 36.6. The maximum absolute atomic E-state index is 13.3. The van der Waals surface area contributed by atoms with Gasteiger partial charge in [-0.25, -0.2) is 0 Å². The van der Waals surface area contributed by atoms with Crippen molar-refractivity contribution in [3.63, 3.8) is 0 Å². The van der Waals surface area contributed by atoms with Gasteiger partial charge in [-0.2, -0.15) is 0 Å². The molecule has 0 unspecified atom stereocenters. The number of likely N-dealkylation sites (N-methyl/N-ethyl adjacent to an activating group) is 2. The van der Waals surface area contributed by atoms with Gasteiger partial charge in [0.05, 0.1) is 22.5 Å². The highest BCUT2D eigenvalue weighted by molar-refractivity contribution is 6.36. The van der Waals surface area contributed by atoms with Crippen LogP contribution in [0.5, 0.6) is 0 Å². The van der Waals surface area contributed by atoms with Gasteiger partial charge in [0.1, 0.15) is 0 Å². The number of aryl methyl sites for hydroxylation is 1. The third kappa shape index (κ3) is 8.45. The van der Waals surface area contributed by atoms with Crippen LogP contribution in [0.15, 0.2) is 66.7 Å². The molecule has 2 aliphatic rings. The van der Waals surface area contributed by atoms with Crippen LogP contribution in [-0.2, 0) is 11.3 Å². The number of para-hydroxylation sites is 1. The van der Waals surface area contributed by atoms with E-state index in [4.69, 9.17) is 0 Å². The lowest BCUT2D eigenvalue weighted by atomic mass is 10.0. The van der Waals surface area contributed by atoms with Crippen LogP contribution in [0.2, 0.25) is 0 Å². The Bertz CT molecular complexity index is 1950. The molecule has 6 rings (SSSR count). The number of hydrogen-bond donors (Lipinski definition) is 5. The van der Waals surface area contributed by atoms with E-state index < -0.39 is 0 Å². The van der Waals surface area contributed by atoms with Gasteiger partial charge in [-0.1, -0.05) is 44.2 Å². The third-order valence-corrected chi connectivity index (χ3v) is 10.1. The molecule has 1 aromatic heterocycles. The van der Waals surface area contributed by atoms with Crippen LogP contribution in [-0.4, -0.2) is 96.8 Å². The second kappa shape index (κ2) is 16.4. The molecular weight excluding hydrogens is 653 g/mol. The van der Waals surface area contributed by atoms with Crippen molar-refractivity contribution in [1.29, 1.82) is 0 Å². The average Bonchev–Trinajstić information content (AvgIpc) is 3.61. The Morgan fingerprint density at radius 3 is 2.35 bits per heavy atom. The van der Waals surface area contributed by atoms with E-state index in [0.717, 1.165) is 86.2 Å². The lowest BCUT2D eigenvalue weighted by molar-refractivity contribution is -0.110. The zero-order valence-corrected chi connectivity index (χ0v) is 30.9. The molecule has 5 N–H and O–H groups in total. The zero-order valence-electron chi connectivity index (χ0n) is 30.9. The van der Waals surface area contributed by atoms with Crippen LogP contribution in [0.4, 0.5) is 22.7 Å². The van der Waals surface area contributed by atoms with Crippen molar-refractivity contribution in [2.75, 3.05) is 75.4 Å². The van der Waals surface area contributed by atoms with E-state index in [9.17, 15) is 14.4 Å². The van der Waals surface area contributed by atoms with Crippen molar-refractivity contribution in [3.8, 4) is 0 Å². The lowest BCUT2D eigenvalue weighted by Crippen LogP contribution is -2.43. The van der Waals surface area contributed by atoms with Gasteiger partial charge in [-0.15, -0.1) is 0 Å². The monoisotopic (exact) mass is 702 g/mol. The van der Waals surface area contributed by atoms with Crippen molar-refractivity contribution in [3.05, 3.63) is 106 Å². The molecule has 0 atom stereocenters. The van der Waals surface area contributed by atoms with Crippen LogP contribution in [0.25, 0.3) is 11.6 Å². The van der Waals surface area contributed by atoms with E-state index in [1.165, 1.54) is 5.56 Å². The van der Waals surface area contributed by atoms with E-state index in [-0.39, 0.29) is 17.7 Å². The van der Waals surface area contributed by atoms with Gasteiger partial charge < -0.3 is 36.1 Å². The molecule has 0 saturated carbocycles. The number of hydrogen-bond acceptors (Lipinski definition) is 7. The highest BCUT2D eigenvalue weighted by atomic mass is 16.2. The molecule has 11 nitrogen and oxygen atoms in total. The first-order valence-corrected chi connectivity index (χ1v) is 18.2. The Balaban J connectivity index is 1.12. The van der Waals surface area contributed by atoms with Gasteiger partial charge in [0.25, 0.3) is 17.7 Å². The van der Waals surface area contributed by atoms with Crippen molar-refractivity contribution >= 4 is 52.1 Å². The Kier molecular flexibility index (Phi) is 11.5. The van der Waals surface area contributed by atoms with Gasteiger partial charge in [0.15, 0.2) is 0 Å². The number of amides is 3. The number of fused-ring (bicyclic) bond motifs is 1. The molecular formula is C41H50N8O3. The molecule has 0 aliphatic carbocycles. The molecule has 3 heterocycles. The normalized spacial score (nSPS) is 15.5. The molecule has 0 radical (unpaired) electrons. The summed E-state index contributed by atoms with van der Waals surface area (Å²) in [6, 6.07) is 21.0. The zero-order chi connectivity index (χ0) is 36.8. The summed E-state index contributed by atoms with van der Waals surface area (Å²) in [7, 11) is 2.15. The number of carbonyl (C=O) groups is 3. The second-order valence-electron chi connectivity index (χ2n) is 13.6. The summed E-state index contributed by atoms with van der Waals surface area (Å²) in [4.78, 5) is 50.0. The number of carbonyl (C=O) groups excluding carboxylic acids is 3. The minimum Gasteiger partial charge on any atom is -0.358 e. The van der Waals surface area contributed by atoms with Crippen LogP contribution < -0.4 is 21.3 Å². The maximum Gasteiger partial charge on any atom is 0.256 e. The first-order chi connectivity index (χ1) is 25.1. The SMILES string of the molecule is CCN(CC)CCNC(=O)c1c(C)[nH]c(/C=C2\C(=O)Nc3c(Nc4cccc(NC(=O)c5ccc(CN6CCN(C)CC6)cc5)c4)cccc32)c1C. The average molecular weight is 703 g/mol. The number of nitrogens with one attached hydrogen (secondary N) is 5. The predicted molar refractivity (Wildman–Crippen MR) is 210 cm³/mol. The van der Waals surface area contributed by atoms with Gasteiger partial charge in [0, 0.05) is 79.7 Å². The molecule has 11 heteroatoms. The van der Waals surface area contributed by atoms with Gasteiger partial charge in [0.2, 0.25) is 0 Å². The molecule has 272 valence electrons. The smallest absolute Gasteiger partial charge is 0.256 e. The van der Waals surface area contributed by atoms with Crippen LogP contribution in [0.1, 0.15) is 62.6 Å². The molecule has 1 saturated heterocycles. The highest BCUT2D eigenvalue weighted by Gasteiger charge is 2.28. The Morgan fingerprint density at radius 2 is 1.62 bits per heavy atom. The summed E-state index contributed by atoms with van der Waals surface area (Å²) in [5, 5.41) is 12.5. The van der Waals surface area contributed by atoms with Crippen LogP contribution >= 0.6 is 0 Å². The third-order valence-electron chi connectivity index (χ3n) is 10.1. The fraction of sp³-hybridized carbons (Fsp3) is 0.341. The maximum atomic E-state index is 13.3. The summed E-state index contributed by atoms with van der Waals surface area (Å²) in [6.07, 6.45) is 1.81. The molecule has 52 heavy (non-hydrogen) atoms. The molecule has 0 spiro atoms. The van der Waals surface area contributed by atoms with Crippen molar-refractivity contribution in [2.45, 2.75) is 34.2 Å². The number of rotatable bonds is 13. The quantitative estimate of drug-likeness (QED) is 0.109. The van der Waals surface area contributed by atoms with E-state index in [2.05, 4.69) is 61.8 Å². The van der Waals surface area contributed by atoms with Crippen molar-refractivity contribution in [1.82, 2.24) is 25.0 Å².